The van der Waals surface area contributed by atoms with Gasteiger partial charge in [0, 0.05) is 5.41 Å². The molecule has 1 aromatic rings. The molecule has 24 heavy (non-hydrogen) atoms. The highest BCUT2D eigenvalue weighted by Crippen LogP contribution is 2.59. The van der Waals surface area contributed by atoms with E-state index in [-0.39, 0.29) is 0 Å². The molecule has 1 unspecified atom stereocenters. The molecule has 126 valence electrons. The molecule has 5 atom stereocenters. The Kier molecular flexibility index (Phi) is 3.69. The first-order valence-corrected chi connectivity index (χ1v) is 10.3. The number of rotatable bonds is 2. The van der Waals surface area contributed by atoms with Crippen molar-refractivity contribution in [3.63, 3.8) is 0 Å². The molecule has 3 saturated carbocycles. The van der Waals surface area contributed by atoms with Gasteiger partial charge in [-0.25, -0.2) is 0 Å². The second-order valence-corrected chi connectivity index (χ2v) is 8.89. The highest BCUT2D eigenvalue weighted by Gasteiger charge is 2.50. The third-order valence-electron chi connectivity index (χ3n) is 7.83. The van der Waals surface area contributed by atoms with Crippen LogP contribution in [0.2, 0.25) is 0 Å². The summed E-state index contributed by atoms with van der Waals surface area (Å²) in [5, 5.41) is 0. The molecule has 0 nitrogen and oxygen atoms in total. The molecule has 0 heterocycles. The number of hydrogen-bond acceptors (Lipinski definition) is 0. The van der Waals surface area contributed by atoms with Crippen molar-refractivity contribution in [2.24, 2.45) is 29.1 Å². The summed E-state index contributed by atoms with van der Waals surface area (Å²) in [6, 6.07) is 11.2. The average Bonchev–Trinajstić information content (AvgIpc) is 3.06. The Labute approximate surface area is 147 Å². The SMILES string of the molecule is C1=C[C@@]2(Cc3ccccc3)CC[C@H]3[C@@H](CCC4CCCC[C@@H]43)C2=C1. The third-order valence-corrected chi connectivity index (χ3v) is 7.83. The highest BCUT2D eigenvalue weighted by atomic mass is 14.5. The normalized spacial score (nSPS) is 40.4. The van der Waals surface area contributed by atoms with Crippen molar-refractivity contribution in [3.8, 4) is 0 Å². The van der Waals surface area contributed by atoms with Gasteiger partial charge in [0.15, 0.2) is 0 Å². The van der Waals surface area contributed by atoms with Crippen LogP contribution in [0.15, 0.2) is 54.1 Å². The van der Waals surface area contributed by atoms with Crippen LogP contribution >= 0.6 is 0 Å². The molecule has 0 bridgehead atoms. The zero-order valence-corrected chi connectivity index (χ0v) is 14.8. The van der Waals surface area contributed by atoms with Gasteiger partial charge >= 0.3 is 0 Å². The molecular formula is C24H30. The Hall–Kier alpha value is -1.30. The van der Waals surface area contributed by atoms with E-state index in [4.69, 9.17) is 0 Å². The van der Waals surface area contributed by atoms with Crippen LogP contribution in [0.3, 0.4) is 0 Å². The molecule has 5 rings (SSSR count). The lowest BCUT2D eigenvalue weighted by molar-refractivity contribution is 0.0318. The Morgan fingerprint density at radius 1 is 0.875 bits per heavy atom. The van der Waals surface area contributed by atoms with E-state index in [1.807, 2.05) is 5.57 Å². The fourth-order valence-corrected chi connectivity index (χ4v) is 6.82. The third kappa shape index (κ3) is 2.33. The number of hydrogen-bond donors (Lipinski definition) is 0. The van der Waals surface area contributed by atoms with Crippen molar-refractivity contribution in [2.45, 2.75) is 57.8 Å². The Balaban J connectivity index is 1.43. The Morgan fingerprint density at radius 3 is 2.67 bits per heavy atom. The quantitative estimate of drug-likeness (QED) is 0.597. The van der Waals surface area contributed by atoms with Crippen LogP contribution in [0.5, 0.6) is 0 Å². The van der Waals surface area contributed by atoms with Gasteiger partial charge in [0.2, 0.25) is 0 Å². The number of fused-ring (bicyclic) bond motifs is 5. The summed E-state index contributed by atoms with van der Waals surface area (Å²) in [5.41, 5.74) is 3.68. The Bertz CT molecular complexity index is 652. The van der Waals surface area contributed by atoms with Gasteiger partial charge in [0.05, 0.1) is 0 Å². The molecule has 0 aromatic heterocycles. The minimum atomic E-state index is 0.351. The Morgan fingerprint density at radius 2 is 1.75 bits per heavy atom. The van der Waals surface area contributed by atoms with Crippen LogP contribution < -0.4 is 0 Å². The summed E-state index contributed by atoms with van der Waals surface area (Å²) in [5.74, 6) is 4.00. The lowest BCUT2D eigenvalue weighted by atomic mass is 9.51. The maximum Gasteiger partial charge on any atom is 0.0140 e. The minimum absolute atomic E-state index is 0.351. The summed E-state index contributed by atoms with van der Waals surface area (Å²) in [6.45, 7) is 0. The van der Waals surface area contributed by atoms with Gasteiger partial charge in [-0.1, -0.05) is 73.4 Å². The molecule has 4 aliphatic carbocycles. The van der Waals surface area contributed by atoms with E-state index in [0.717, 1.165) is 23.7 Å². The molecular weight excluding hydrogens is 288 g/mol. The van der Waals surface area contributed by atoms with Crippen molar-refractivity contribution in [3.05, 3.63) is 59.7 Å². The molecule has 3 fully saturated rings. The maximum absolute atomic E-state index is 2.55. The predicted octanol–water partition coefficient (Wildman–Crippen LogP) is 6.34. The molecule has 1 aromatic carbocycles. The van der Waals surface area contributed by atoms with E-state index in [2.05, 4.69) is 48.6 Å². The summed E-state index contributed by atoms with van der Waals surface area (Å²) in [7, 11) is 0. The molecule has 0 spiro atoms. The van der Waals surface area contributed by atoms with E-state index in [1.54, 1.807) is 0 Å². The molecule has 0 heteroatoms. The second kappa shape index (κ2) is 5.90. The van der Waals surface area contributed by atoms with Gasteiger partial charge in [-0.2, -0.15) is 0 Å². The largest absolute Gasteiger partial charge is 0.0739 e. The topological polar surface area (TPSA) is 0 Å². The van der Waals surface area contributed by atoms with Crippen molar-refractivity contribution in [1.82, 2.24) is 0 Å². The molecule has 4 aliphatic rings. The lowest BCUT2D eigenvalue weighted by Crippen LogP contribution is -2.44. The second-order valence-electron chi connectivity index (χ2n) is 8.89. The van der Waals surface area contributed by atoms with E-state index >= 15 is 0 Å². The zero-order valence-electron chi connectivity index (χ0n) is 14.8. The summed E-state index contributed by atoms with van der Waals surface area (Å²) in [6.07, 6.45) is 20.5. The van der Waals surface area contributed by atoms with Crippen LogP contribution in [0.1, 0.15) is 56.9 Å². The first-order chi connectivity index (χ1) is 11.9. The van der Waals surface area contributed by atoms with E-state index < -0.39 is 0 Å². The average molecular weight is 319 g/mol. The van der Waals surface area contributed by atoms with Crippen LogP contribution in [0.4, 0.5) is 0 Å². The molecule has 0 saturated heterocycles. The first-order valence-electron chi connectivity index (χ1n) is 10.3. The van der Waals surface area contributed by atoms with Crippen molar-refractivity contribution in [2.75, 3.05) is 0 Å². The monoisotopic (exact) mass is 318 g/mol. The molecule has 0 aliphatic heterocycles. The van der Waals surface area contributed by atoms with Gasteiger partial charge in [-0.15, -0.1) is 0 Å². The lowest BCUT2D eigenvalue weighted by Gasteiger charge is -2.53. The van der Waals surface area contributed by atoms with Gasteiger partial charge in [0.25, 0.3) is 0 Å². The van der Waals surface area contributed by atoms with Crippen LogP contribution in [0.25, 0.3) is 0 Å². The standard InChI is InChI=1S/C24H30/c1-2-7-18(8-3-1)17-24-15-6-11-23(24)22-13-12-19-9-4-5-10-20(19)21(22)14-16-24/h1-3,6-8,11,15,19-22H,4-5,9-10,12-14,16-17H2/t19?,20-,21+,22+,24-/m0/s1. The van der Waals surface area contributed by atoms with Crippen molar-refractivity contribution >= 4 is 0 Å². The summed E-state index contributed by atoms with van der Waals surface area (Å²) >= 11 is 0. The van der Waals surface area contributed by atoms with E-state index in [1.165, 1.54) is 63.4 Å². The molecule has 0 amide bonds. The molecule has 0 N–H and O–H groups in total. The van der Waals surface area contributed by atoms with Gasteiger partial charge in [0.1, 0.15) is 0 Å². The van der Waals surface area contributed by atoms with Crippen LogP contribution in [-0.2, 0) is 6.42 Å². The van der Waals surface area contributed by atoms with Gasteiger partial charge in [-0.05, 0) is 67.8 Å². The number of allylic oxidation sites excluding steroid dienone is 4. The fourth-order valence-electron chi connectivity index (χ4n) is 6.82. The van der Waals surface area contributed by atoms with Crippen molar-refractivity contribution < 1.29 is 0 Å². The van der Waals surface area contributed by atoms with E-state index in [9.17, 15) is 0 Å². The summed E-state index contributed by atoms with van der Waals surface area (Å²) < 4.78 is 0. The van der Waals surface area contributed by atoms with Gasteiger partial charge < -0.3 is 0 Å². The minimum Gasteiger partial charge on any atom is -0.0739 e. The van der Waals surface area contributed by atoms with Crippen molar-refractivity contribution in [1.29, 1.82) is 0 Å². The highest BCUT2D eigenvalue weighted by molar-refractivity contribution is 5.40. The summed E-state index contributed by atoms with van der Waals surface area (Å²) in [4.78, 5) is 0. The first kappa shape index (κ1) is 15.0. The number of benzene rings is 1. The van der Waals surface area contributed by atoms with Gasteiger partial charge in [-0.3, -0.25) is 0 Å². The zero-order chi connectivity index (χ0) is 16.0. The predicted molar refractivity (Wildman–Crippen MR) is 101 cm³/mol. The van der Waals surface area contributed by atoms with Crippen LogP contribution in [0, 0.1) is 29.1 Å². The van der Waals surface area contributed by atoms with E-state index in [0.29, 0.717) is 5.41 Å². The molecule has 0 radical (unpaired) electrons. The van der Waals surface area contributed by atoms with Crippen LogP contribution in [-0.4, -0.2) is 0 Å². The maximum atomic E-state index is 2.55. The fraction of sp³-hybridized carbons (Fsp3) is 0.583. The smallest absolute Gasteiger partial charge is 0.0140 e.